The molecule has 18 aromatic carbocycles. The highest BCUT2D eigenvalue weighted by molar-refractivity contribution is 7.26. The molecule has 0 bridgehead atoms. The highest BCUT2D eigenvalue weighted by Gasteiger charge is 2.27. The first-order chi connectivity index (χ1) is 54.5. The molecule has 110 heavy (non-hydrogen) atoms. The van der Waals surface area contributed by atoms with Crippen molar-refractivity contribution < 1.29 is 4.42 Å². The van der Waals surface area contributed by atoms with Crippen molar-refractivity contribution in [1.82, 2.24) is 0 Å². The van der Waals surface area contributed by atoms with Crippen LogP contribution in [-0.4, -0.2) is 0 Å². The van der Waals surface area contributed by atoms with Gasteiger partial charge in [0.25, 0.3) is 0 Å². The van der Waals surface area contributed by atoms with Crippen LogP contribution in [0.3, 0.4) is 0 Å². The lowest BCUT2D eigenvalue weighted by Crippen LogP contribution is -2.12. The van der Waals surface area contributed by atoms with E-state index in [0.717, 1.165) is 139 Å². The number of rotatable bonds is 13. The van der Waals surface area contributed by atoms with Gasteiger partial charge in [0.15, 0.2) is 0 Å². The number of furan rings is 1. The van der Waals surface area contributed by atoms with Crippen LogP contribution in [0.2, 0.25) is 0 Å². The highest BCUT2D eigenvalue weighted by atomic mass is 32.1. The zero-order valence-corrected chi connectivity index (χ0v) is 61.9. The van der Waals surface area contributed by atoms with Gasteiger partial charge in [0, 0.05) is 111 Å². The molecule has 0 aliphatic heterocycles. The van der Waals surface area contributed by atoms with Gasteiger partial charge in [-0.05, 0) is 216 Å². The third-order valence-electron chi connectivity index (χ3n) is 22.2. The summed E-state index contributed by atoms with van der Waals surface area (Å²) in [4.78, 5) is 5.00. The van der Waals surface area contributed by atoms with Crippen molar-refractivity contribution >= 4 is 172 Å². The van der Waals surface area contributed by atoms with Crippen molar-refractivity contribution in [2.45, 2.75) is 0 Å². The Hall–Kier alpha value is -13.5. The molecule has 3 nitrogen and oxygen atoms in total. The van der Waals surface area contributed by atoms with Gasteiger partial charge in [-0.25, -0.2) is 0 Å². The molecule has 0 aliphatic carbocycles. The summed E-state index contributed by atoms with van der Waals surface area (Å²) in [5, 5.41) is 14.5. The molecular formula is C104H64N2OS3. The molecule has 4 aromatic heterocycles. The van der Waals surface area contributed by atoms with Crippen molar-refractivity contribution in [3.05, 3.63) is 388 Å². The van der Waals surface area contributed by atoms with E-state index < -0.39 is 0 Å². The van der Waals surface area contributed by atoms with Gasteiger partial charge in [-0.1, -0.05) is 255 Å². The van der Waals surface area contributed by atoms with Crippen LogP contribution in [0.1, 0.15) is 0 Å². The molecule has 22 rings (SSSR count). The maximum absolute atomic E-state index is 6.76. The number of nitrogens with zero attached hydrogens (tertiary/aromatic N) is 2. The summed E-state index contributed by atoms with van der Waals surface area (Å²) in [6, 6.07) is 144. The van der Waals surface area contributed by atoms with Crippen LogP contribution >= 0.6 is 34.0 Å². The smallest absolute Gasteiger partial charge is 0.137 e. The van der Waals surface area contributed by atoms with Crippen molar-refractivity contribution in [3.8, 4) is 77.9 Å². The molecule has 0 radical (unpaired) electrons. The molecule has 0 aliphatic rings. The summed E-state index contributed by atoms with van der Waals surface area (Å²) in [5.41, 5.74) is 24.0. The molecule has 0 unspecified atom stereocenters. The molecular weight excluding hydrogens is 1390 g/mol. The summed E-state index contributed by atoms with van der Waals surface area (Å²) in [7, 11) is 0. The van der Waals surface area contributed by atoms with Crippen LogP contribution in [0.25, 0.3) is 182 Å². The van der Waals surface area contributed by atoms with Crippen LogP contribution in [-0.2, 0) is 0 Å². The van der Waals surface area contributed by atoms with E-state index in [9.17, 15) is 0 Å². The number of hydrogen-bond donors (Lipinski definition) is 0. The number of para-hydroxylation sites is 1. The third kappa shape index (κ3) is 11.0. The zero-order valence-electron chi connectivity index (χ0n) is 59.5. The van der Waals surface area contributed by atoms with E-state index >= 15 is 0 Å². The lowest BCUT2D eigenvalue weighted by Gasteiger charge is -2.30. The van der Waals surface area contributed by atoms with E-state index in [1.165, 1.54) is 76.7 Å². The number of anilines is 6. The van der Waals surface area contributed by atoms with E-state index in [0.29, 0.717) is 0 Å². The Kier molecular flexibility index (Phi) is 15.2. The number of benzene rings is 18. The fourth-order valence-corrected chi connectivity index (χ4v) is 20.3. The molecule has 0 amide bonds. The summed E-state index contributed by atoms with van der Waals surface area (Å²) >= 11 is 5.57. The predicted molar refractivity (Wildman–Crippen MR) is 475 cm³/mol. The van der Waals surface area contributed by atoms with Gasteiger partial charge in [-0.3, -0.25) is 0 Å². The first-order valence-corrected chi connectivity index (χ1v) is 39.8. The summed E-state index contributed by atoms with van der Waals surface area (Å²) in [5.74, 6) is 0. The fourth-order valence-electron chi connectivity index (χ4n) is 17.0. The fraction of sp³-hybridized carbons (Fsp3) is 0. The quantitative estimate of drug-likeness (QED) is 0.115. The second-order valence-electron chi connectivity index (χ2n) is 28.6. The van der Waals surface area contributed by atoms with Gasteiger partial charge < -0.3 is 14.2 Å². The predicted octanol–water partition coefficient (Wildman–Crippen LogP) is 31.6. The van der Waals surface area contributed by atoms with Crippen LogP contribution < -0.4 is 9.80 Å². The van der Waals surface area contributed by atoms with E-state index in [-0.39, 0.29) is 0 Å². The van der Waals surface area contributed by atoms with Crippen LogP contribution in [0.15, 0.2) is 393 Å². The first-order valence-electron chi connectivity index (χ1n) is 37.4. The normalized spacial score (nSPS) is 11.8. The molecule has 0 N–H and O–H groups in total. The van der Waals surface area contributed by atoms with Crippen molar-refractivity contribution in [2.24, 2.45) is 0 Å². The third-order valence-corrected chi connectivity index (χ3v) is 25.6. The van der Waals surface area contributed by atoms with Crippen LogP contribution in [0.5, 0.6) is 0 Å². The van der Waals surface area contributed by atoms with Gasteiger partial charge in [-0.15, -0.1) is 34.0 Å². The minimum Gasteiger partial charge on any atom is -0.456 e. The Labute approximate surface area is 647 Å². The summed E-state index contributed by atoms with van der Waals surface area (Å²) < 4.78 is 14.4. The average Bonchev–Trinajstić information content (AvgIpc) is 1.12. The molecule has 0 fully saturated rings. The maximum Gasteiger partial charge on any atom is 0.137 e. The lowest BCUT2D eigenvalue weighted by atomic mass is 9.91. The van der Waals surface area contributed by atoms with Crippen LogP contribution in [0, 0.1) is 0 Å². The maximum atomic E-state index is 6.76. The first kappa shape index (κ1) is 63.8. The number of fused-ring (bicyclic) bond motifs is 14. The molecule has 0 saturated carbocycles. The SMILES string of the molecule is c1ccc(-c2cc(-c3ccc(-c4ccc5c(-c6ccc7sc8ccccc8c7c6)c(N(c6cc(-c7ccccc7)cc(-c7ccccc7)c6)c6ccc7c(c6)sc6ccccc67)ccc5c4)cc3)cc(N(c3ccc4c(c3)oc3ccccc34)c3ccc4ccccc4c3-c3ccc4sc5ccccc5c4c3)c2)cc1. The molecule has 0 saturated heterocycles. The second kappa shape index (κ2) is 26.2. The van der Waals surface area contributed by atoms with Gasteiger partial charge in [0.2, 0.25) is 0 Å². The summed E-state index contributed by atoms with van der Waals surface area (Å²) in [6.07, 6.45) is 0. The monoisotopic (exact) mass is 1450 g/mol. The molecule has 22 aromatic rings. The van der Waals surface area contributed by atoms with Crippen LogP contribution in [0.4, 0.5) is 34.1 Å². The Morgan fingerprint density at radius 1 is 0.173 bits per heavy atom. The van der Waals surface area contributed by atoms with Crippen molar-refractivity contribution in [2.75, 3.05) is 9.80 Å². The zero-order chi connectivity index (χ0) is 72.3. The van der Waals surface area contributed by atoms with E-state index in [4.69, 9.17) is 4.42 Å². The minimum atomic E-state index is 0.835. The molecule has 514 valence electrons. The van der Waals surface area contributed by atoms with Gasteiger partial charge in [-0.2, -0.15) is 0 Å². The minimum absolute atomic E-state index is 0.835. The van der Waals surface area contributed by atoms with E-state index in [1.807, 2.05) is 40.1 Å². The van der Waals surface area contributed by atoms with Crippen molar-refractivity contribution in [1.29, 1.82) is 0 Å². The molecule has 6 heteroatoms. The van der Waals surface area contributed by atoms with Gasteiger partial charge in [0.05, 0.1) is 11.4 Å². The largest absolute Gasteiger partial charge is 0.456 e. The summed E-state index contributed by atoms with van der Waals surface area (Å²) in [6.45, 7) is 0. The average molecular weight is 1450 g/mol. The highest BCUT2D eigenvalue weighted by Crippen LogP contribution is 2.53. The second-order valence-corrected chi connectivity index (χ2v) is 31.9. The molecule has 4 heterocycles. The van der Waals surface area contributed by atoms with Gasteiger partial charge in [0.1, 0.15) is 11.2 Å². The molecule has 0 atom stereocenters. The standard InChI is InChI=1S/C104H64N2OS3/c1-4-20-65(21-5-1)75-55-76(66-22-6-2-7-23-66)59-82(58-75)106(80-46-49-90-87-29-13-17-33-97(87)110-102(90)64-80)94-51-42-72-54-71(40-47-84(72)104(94)74-44-53-101-92(62-74)89-31-15-19-35-99(89)109-101)68-36-38-69(39-37-68)78-56-77(67-24-8-3-9-25-67)57-81(60-78)105(79-45-48-86-85-28-12-16-32-95(85)107-96(86)63-79)93-50-41-70-26-10-11-27-83(70)103(93)73-43-52-100-91(61-73)88-30-14-18-34-98(88)108-100/h1-64H. The number of thiophene rings is 3. The lowest BCUT2D eigenvalue weighted by molar-refractivity contribution is 0.669. The van der Waals surface area contributed by atoms with E-state index in [1.54, 1.807) is 0 Å². The van der Waals surface area contributed by atoms with Crippen molar-refractivity contribution in [3.63, 3.8) is 0 Å². The Morgan fingerprint density at radius 3 is 1.08 bits per heavy atom. The molecule has 0 spiro atoms. The number of hydrogen-bond acceptors (Lipinski definition) is 6. The Morgan fingerprint density at radius 2 is 0.536 bits per heavy atom. The topological polar surface area (TPSA) is 19.6 Å². The Bertz CT molecular complexity index is 7360. The van der Waals surface area contributed by atoms with E-state index in [2.05, 4.69) is 392 Å². The van der Waals surface area contributed by atoms with Gasteiger partial charge >= 0.3 is 0 Å². The Balaban J connectivity index is 0.714.